The lowest BCUT2D eigenvalue weighted by molar-refractivity contribution is 0.101. The van der Waals surface area contributed by atoms with Crippen LogP contribution in [0.25, 0.3) is 0 Å². The van der Waals surface area contributed by atoms with Gasteiger partial charge in [0.2, 0.25) is 0 Å². The summed E-state index contributed by atoms with van der Waals surface area (Å²) in [5, 5.41) is 6.63. The lowest BCUT2D eigenvalue weighted by Crippen LogP contribution is -2.02. The van der Waals surface area contributed by atoms with E-state index in [1.54, 1.807) is 19.1 Å². The number of aromatic nitrogens is 2. The number of ketones is 1. The summed E-state index contributed by atoms with van der Waals surface area (Å²) in [5.41, 5.74) is 4.92. The van der Waals surface area contributed by atoms with E-state index in [1.807, 2.05) is 25.1 Å². The number of nitrogens with one attached hydrogen (secondary N) is 2. The van der Waals surface area contributed by atoms with Gasteiger partial charge >= 0.3 is 0 Å². The highest BCUT2D eigenvalue weighted by atomic mass is 16.1. The van der Waals surface area contributed by atoms with Crippen LogP contribution in [0.2, 0.25) is 0 Å². The normalized spacial score (nSPS) is 10.5. The van der Waals surface area contributed by atoms with E-state index in [2.05, 4.69) is 52.6 Å². The van der Waals surface area contributed by atoms with Gasteiger partial charge in [0.15, 0.2) is 5.78 Å². The van der Waals surface area contributed by atoms with E-state index in [4.69, 9.17) is 0 Å². The zero-order valence-electron chi connectivity index (χ0n) is 15.4. The third-order valence-corrected chi connectivity index (χ3v) is 4.06. The molecule has 0 aliphatic rings. The van der Waals surface area contributed by atoms with Crippen LogP contribution in [0.5, 0.6) is 0 Å². The Morgan fingerprint density at radius 3 is 2.15 bits per heavy atom. The van der Waals surface area contributed by atoms with Gasteiger partial charge in [-0.15, -0.1) is 0 Å². The minimum atomic E-state index is 0.0504. The zero-order valence-corrected chi connectivity index (χ0v) is 15.4. The van der Waals surface area contributed by atoms with E-state index in [9.17, 15) is 4.79 Å². The first-order valence-corrected chi connectivity index (χ1v) is 8.49. The van der Waals surface area contributed by atoms with Crippen molar-refractivity contribution in [3.63, 3.8) is 0 Å². The molecule has 1 heterocycles. The molecule has 0 fully saturated rings. The summed E-state index contributed by atoms with van der Waals surface area (Å²) in [6.45, 7) is 7.54. The number of hydrogen-bond acceptors (Lipinski definition) is 5. The SMILES string of the molecule is CC(=O)c1ccc(Nc2cc(Nc3cc(C)ccc3C)nc(C)n2)cc1. The summed E-state index contributed by atoms with van der Waals surface area (Å²) < 4.78 is 0. The van der Waals surface area contributed by atoms with E-state index in [-0.39, 0.29) is 5.78 Å². The van der Waals surface area contributed by atoms with Crippen LogP contribution >= 0.6 is 0 Å². The van der Waals surface area contributed by atoms with Gasteiger partial charge in [-0.05, 0) is 69.2 Å². The van der Waals surface area contributed by atoms with Gasteiger partial charge in [0.1, 0.15) is 17.5 Å². The van der Waals surface area contributed by atoms with Gasteiger partial charge in [-0.2, -0.15) is 0 Å². The third-order valence-electron chi connectivity index (χ3n) is 4.06. The molecule has 2 N–H and O–H groups in total. The van der Waals surface area contributed by atoms with Crippen LogP contribution in [0.4, 0.5) is 23.0 Å². The number of benzene rings is 2. The van der Waals surface area contributed by atoms with Gasteiger partial charge in [-0.3, -0.25) is 4.79 Å². The monoisotopic (exact) mass is 346 g/mol. The van der Waals surface area contributed by atoms with Crippen molar-refractivity contribution in [2.75, 3.05) is 10.6 Å². The first-order valence-electron chi connectivity index (χ1n) is 8.49. The van der Waals surface area contributed by atoms with E-state index >= 15 is 0 Å². The molecule has 132 valence electrons. The van der Waals surface area contributed by atoms with Gasteiger partial charge in [0, 0.05) is 23.0 Å². The van der Waals surface area contributed by atoms with Crippen molar-refractivity contribution in [3.05, 3.63) is 71.0 Å². The van der Waals surface area contributed by atoms with Crippen molar-refractivity contribution in [1.29, 1.82) is 0 Å². The Labute approximate surface area is 153 Å². The Morgan fingerprint density at radius 1 is 0.846 bits per heavy atom. The molecule has 1 aromatic heterocycles. The predicted octanol–water partition coefficient (Wildman–Crippen LogP) is 5.09. The fourth-order valence-corrected chi connectivity index (χ4v) is 2.64. The highest BCUT2D eigenvalue weighted by molar-refractivity contribution is 5.94. The van der Waals surface area contributed by atoms with Crippen LogP contribution in [0.15, 0.2) is 48.5 Å². The molecule has 26 heavy (non-hydrogen) atoms. The van der Waals surface area contributed by atoms with Crippen molar-refractivity contribution in [2.45, 2.75) is 27.7 Å². The maximum Gasteiger partial charge on any atom is 0.159 e. The van der Waals surface area contributed by atoms with Crippen LogP contribution in [-0.2, 0) is 0 Å². The molecule has 0 unspecified atom stereocenters. The number of aryl methyl sites for hydroxylation is 3. The number of Topliss-reactive ketones (excluding diaryl/α,β-unsaturated/α-hetero) is 1. The lowest BCUT2D eigenvalue weighted by atomic mass is 10.1. The topological polar surface area (TPSA) is 66.9 Å². The molecule has 0 bridgehead atoms. The van der Waals surface area contributed by atoms with Crippen LogP contribution in [-0.4, -0.2) is 15.8 Å². The minimum Gasteiger partial charge on any atom is -0.340 e. The van der Waals surface area contributed by atoms with Crippen molar-refractivity contribution in [1.82, 2.24) is 9.97 Å². The van der Waals surface area contributed by atoms with Crippen molar-refractivity contribution in [3.8, 4) is 0 Å². The summed E-state index contributed by atoms with van der Waals surface area (Å²) >= 11 is 0. The molecule has 0 saturated heterocycles. The van der Waals surface area contributed by atoms with Crippen molar-refractivity contribution < 1.29 is 4.79 Å². The van der Waals surface area contributed by atoms with E-state index in [0.29, 0.717) is 17.2 Å². The van der Waals surface area contributed by atoms with Gasteiger partial charge < -0.3 is 10.6 Å². The minimum absolute atomic E-state index is 0.0504. The Balaban J connectivity index is 1.83. The molecular weight excluding hydrogens is 324 g/mol. The van der Waals surface area contributed by atoms with Crippen LogP contribution in [0, 0.1) is 20.8 Å². The zero-order chi connectivity index (χ0) is 18.7. The molecule has 5 heteroatoms. The average molecular weight is 346 g/mol. The molecule has 0 atom stereocenters. The molecule has 5 nitrogen and oxygen atoms in total. The average Bonchev–Trinajstić information content (AvgIpc) is 2.58. The van der Waals surface area contributed by atoms with Crippen LogP contribution in [0.1, 0.15) is 34.2 Å². The van der Waals surface area contributed by atoms with Crippen molar-refractivity contribution in [2.24, 2.45) is 0 Å². The second-order valence-electron chi connectivity index (χ2n) is 6.39. The highest BCUT2D eigenvalue weighted by Crippen LogP contribution is 2.23. The van der Waals surface area contributed by atoms with Crippen LogP contribution in [0.3, 0.4) is 0 Å². The fourth-order valence-electron chi connectivity index (χ4n) is 2.64. The number of carbonyl (C=O) groups is 1. The summed E-state index contributed by atoms with van der Waals surface area (Å²) in [6.07, 6.45) is 0. The summed E-state index contributed by atoms with van der Waals surface area (Å²) in [4.78, 5) is 20.3. The Hall–Kier alpha value is -3.21. The van der Waals surface area contributed by atoms with Gasteiger partial charge in [-0.25, -0.2) is 9.97 Å². The molecule has 0 amide bonds. The molecule has 3 aromatic rings. The fraction of sp³-hybridized carbons (Fsp3) is 0.190. The molecule has 0 aliphatic carbocycles. The Bertz CT molecular complexity index is 949. The maximum absolute atomic E-state index is 11.4. The highest BCUT2D eigenvalue weighted by Gasteiger charge is 2.06. The van der Waals surface area contributed by atoms with E-state index < -0.39 is 0 Å². The molecule has 0 saturated carbocycles. The first kappa shape index (κ1) is 17.6. The molecule has 2 aromatic carbocycles. The van der Waals surface area contributed by atoms with E-state index in [1.165, 1.54) is 5.56 Å². The quantitative estimate of drug-likeness (QED) is 0.630. The van der Waals surface area contributed by atoms with Gasteiger partial charge in [0.05, 0.1) is 0 Å². The third kappa shape index (κ3) is 4.25. The molecule has 0 spiro atoms. The standard InChI is InChI=1S/C21H22N4O/c1-13-5-6-14(2)19(11-13)25-21-12-20(22-16(4)23-21)24-18-9-7-17(8-10-18)15(3)26/h5-12H,1-4H3,(H2,22,23,24,25). The summed E-state index contributed by atoms with van der Waals surface area (Å²) in [6, 6.07) is 15.5. The van der Waals surface area contributed by atoms with Crippen molar-refractivity contribution >= 4 is 28.8 Å². The van der Waals surface area contributed by atoms with E-state index in [0.717, 1.165) is 22.8 Å². The molecule has 0 aliphatic heterocycles. The number of nitrogens with zero attached hydrogens (tertiary/aromatic N) is 2. The second kappa shape index (κ2) is 7.35. The largest absolute Gasteiger partial charge is 0.340 e. The molecule has 0 radical (unpaired) electrons. The Morgan fingerprint density at radius 2 is 1.50 bits per heavy atom. The lowest BCUT2D eigenvalue weighted by Gasteiger charge is -2.12. The predicted molar refractivity (Wildman–Crippen MR) is 106 cm³/mol. The number of rotatable bonds is 5. The van der Waals surface area contributed by atoms with Gasteiger partial charge in [-0.1, -0.05) is 12.1 Å². The summed E-state index contributed by atoms with van der Waals surface area (Å²) in [5.74, 6) is 2.15. The first-order chi connectivity index (χ1) is 12.4. The summed E-state index contributed by atoms with van der Waals surface area (Å²) in [7, 11) is 0. The molecular formula is C21H22N4O. The number of carbonyl (C=O) groups excluding carboxylic acids is 1. The number of anilines is 4. The van der Waals surface area contributed by atoms with Crippen LogP contribution < -0.4 is 10.6 Å². The number of hydrogen-bond donors (Lipinski definition) is 2. The smallest absolute Gasteiger partial charge is 0.159 e. The molecule has 3 rings (SSSR count). The Kier molecular flexibility index (Phi) is 4.98. The maximum atomic E-state index is 11.4. The van der Waals surface area contributed by atoms with Gasteiger partial charge in [0.25, 0.3) is 0 Å². The second-order valence-corrected chi connectivity index (χ2v) is 6.39.